The minimum Gasteiger partial charge on any atom is -0.325 e. The molecule has 1 N–H and O–H groups in total. The quantitative estimate of drug-likeness (QED) is 0.784. The fraction of sp³-hybridized carbons (Fsp3) is 0.235. The molecule has 0 heterocycles. The molecule has 0 aliphatic rings. The second-order valence-electron chi connectivity index (χ2n) is 4.75. The van der Waals surface area contributed by atoms with E-state index in [1.807, 2.05) is 55.5 Å². The Morgan fingerprint density at radius 2 is 1.76 bits per heavy atom. The van der Waals surface area contributed by atoms with Gasteiger partial charge in [-0.25, -0.2) is 0 Å². The van der Waals surface area contributed by atoms with Crippen molar-refractivity contribution in [1.82, 2.24) is 0 Å². The third-order valence-electron chi connectivity index (χ3n) is 3.13. The van der Waals surface area contributed by atoms with Crippen molar-refractivity contribution in [3.8, 4) is 0 Å². The third kappa shape index (κ3) is 4.80. The molecule has 0 aliphatic carbocycles. The molecule has 0 radical (unpaired) electrons. The fourth-order valence-electron chi connectivity index (χ4n) is 1.84. The van der Waals surface area contributed by atoms with Crippen molar-refractivity contribution in [1.29, 1.82) is 0 Å². The Bertz CT molecular complexity index is 595. The van der Waals surface area contributed by atoms with Crippen LogP contribution in [0.2, 0.25) is 5.02 Å². The number of anilines is 1. The van der Waals surface area contributed by atoms with Crippen LogP contribution in [0.15, 0.2) is 53.4 Å². The van der Waals surface area contributed by atoms with Gasteiger partial charge >= 0.3 is 0 Å². The molecule has 2 aromatic rings. The van der Waals surface area contributed by atoms with E-state index in [1.54, 1.807) is 0 Å². The number of amides is 1. The normalized spacial score (nSPS) is 12.0. The predicted molar refractivity (Wildman–Crippen MR) is 91.2 cm³/mol. The Balaban J connectivity index is 1.93. The molecule has 2 aromatic carbocycles. The number of halogens is 1. The Hall–Kier alpha value is -1.45. The van der Waals surface area contributed by atoms with Crippen LogP contribution in [0.1, 0.15) is 19.4 Å². The highest BCUT2D eigenvalue weighted by Gasteiger charge is 2.14. The summed E-state index contributed by atoms with van der Waals surface area (Å²) in [5.74, 6) is -0.000742. The number of rotatable bonds is 5. The number of aryl methyl sites for hydroxylation is 1. The van der Waals surface area contributed by atoms with E-state index >= 15 is 0 Å². The molecule has 0 aromatic heterocycles. The van der Waals surface area contributed by atoms with Gasteiger partial charge in [0, 0.05) is 15.6 Å². The van der Waals surface area contributed by atoms with E-state index in [2.05, 4.69) is 12.2 Å². The molecule has 21 heavy (non-hydrogen) atoms. The number of hydrogen-bond donors (Lipinski definition) is 1. The lowest BCUT2D eigenvalue weighted by Gasteiger charge is -2.12. The molecule has 0 spiro atoms. The van der Waals surface area contributed by atoms with Gasteiger partial charge in [0.05, 0.1) is 5.25 Å². The molecule has 1 amide bonds. The van der Waals surface area contributed by atoms with Crippen molar-refractivity contribution in [2.75, 3.05) is 5.32 Å². The van der Waals surface area contributed by atoms with Crippen LogP contribution in [0, 0.1) is 0 Å². The van der Waals surface area contributed by atoms with Gasteiger partial charge in [-0.2, -0.15) is 0 Å². The molecular formula is C17H18ClNOS. The second kappa shape index (κ2) is 7.53. The molecule has 0 bridgehead atoms. The lowest BCUT2D eigenvalue weighted by Crippen LogP contribution is -2.22. The monoisotopic (exact) mass is 319 g/mol. The number of thioether (sulfide) groups is 1. The highest BCUT2D eigenvalue weighted by Crippen LogP contribution is 2.25. The molecule has 0 aliphatic heterocycles. The van der Waals surface area contributed by atoms with Gasteiger partial charge in [-0.3, -0.25) is 4.79 Å². The van der Waals surface area contributed by atoms with Gasteiger partial charge in [0.1, 0.15) is 0 Å². The van der Waals surface area contributed by atoms with Crippen molar-refractivity contribution >= 4 is 35.0 Å². The van der Waals surface area contributed by atoms with Gasteiger partial charge in [0.25, 0.3) is 0 Å². The maximum atomic E-state index is 12.2. The molecule has 0 unspecified atom stereocenters. The Labute approximate surface area is 134 Å². The first kappa shape index (κ1) is 15.9. The zero-order chi connectivity index (χ0) is 15.2. The van der Waals surface area contributed by atoms with Crippen molar-refractivity contribution < 1.29 is 4.79 Å². The summed E-state index contributed by atoms with van der Waals surface area (Å²) in [7, 11) is 0. The zero-order valence-corrected chi connectivity index (χ0v) is 13.7. The first-order valence-electron chi connectivity index (χ1n) is 6.90. The van der Waals surface area contributed by atoms with Crippen LogP contribution < -0.4 is 5.32 Å². The summed E-state index contributed by atoms with van der Waals surface area (Å²) < 4.78 is 0. The maximum absolute atomic E-state index is 12.2. The molecule has 0 saturated heterocycles. The molecule has 4 heteroatoms. The van der Waals surface area contributed by atoms with Crippen molar-refractivity contribution in [3.63, 3.8) is 0 Å². The third-order valence-corrected chi connectivity index (χ3v) is 4.49. The number of carbonyl (C=O) groups excluding carboxylic acids is 1. The first-order valence-corrected chi connectivity index (χ1v) is 8.16. The van der Waals surface area contributed by atoms with E-state index < -0.39 is 0 Å². The minimum absolute atomic E-state index is 0.000742. The summed E-state index contributed by atoms with van der Waals surface area (Å²) in [5.41, 5.74) is 2.09. The summed E-state index contributed by atoms with van der Waals surface area (Å²) in [6.45, 7) is 4.01. The lowest BCUT2D eigenvalue weighted by atomic mass is 10.1. The van der Waals surface area contributed by atoms with Gasteiger partial charge in [-0.05, 0) is 55.3 Å². The van der Waals surface area contributed by atoms with Gasteiger partial charge < -0.3 is 5.32 Å². The van der Waals surface area contributed by atoms with Gasteiger partial charge in [-0.15, -0.1) is 11.8 Å². The van der Waals surface area contributed by atoms with E-state index in [-0.39, 0.29) is 11.2 Å². The fourth-order valence-corrected chi connectivity index (χ4v) is 2.83. The Kier molecular flexibility index (Phi) is 5.71. The molecule has 2 nitrogen and oxygen atoms in total. The molecule has 2 rings (SSSR count). The summed E-state index contributed by atoms with van der Waals surface area (Å²) in [6, 6.07) is 15.5. The van der Waals surface area contributed by atoms with Crippen molar-refractivity contribution in [2.45, 2.75) is 30.4 Å². The SMILES string of the molecule is CCc1ccc(NC(=O)[C@@H](C)Sc2ccc(Cl)cc2)cc1. The topological polar surface area (TPSA) is 29.1 Å². The van der Waals surface area contributed by atoms with Crippen LogP contribution in [0.25, 0.3) is 0 Å². The number of benzene rings is 2. The molecule has 0 saturated carbocycles. The number of carbonyl (C=O) groups is 1. The van der Waals surface area contributed by atoms with Crippen LogP contribution in [0.4, 0.5) is 5.69 Å². The smallest absolute Gasteiger partial charge is 0.237 e. The summed E-state index contributed by atoms with van der Waals surface area (Å²) in [6.07, 6.45) is 0.997. The second-order valence-corrected chi connectivity index (χ2v) is 6.60. The maximum Gasteiger partial charge on any atom is 0.237 e. The molecule has 1 atom stereocenters. The average Bonchev–Trinajstić information content (AvgIpc) is 2.50. The summed E-state index contributed by atoms with van der Waals surface area (Å²) in [4.78, 5) is 13.2. The van der Waals surface area contributed by atoms with Crippen LogP contribution in [0.3, 0.4) is 0 Å². The van der Waals surface area contributed by atoms with E-state index in [0.29, 0.717) is 5.02 Å². The van der Waals surface area contributed by atoms with Crippen molar-refractivity contribution in [3.05, 3.63) is 59.1 Å². The number of hydrogen-bond acceptors (Lipinski definition) is 2. The average molecular weight is 320 g/mol. The highest BCUT2D eigenvalue weighted by atomic mass is 35.5. The van der Waals surface area contributed by atoms with Crippen LogP contribution in [0.5, 0.6) is 0 Å². The largest absolute Gasteiger partial charge is 0.325 e. The van der Waals surface area contributed by atoms with E-state index in [1.165, 1.54) is 17.3 Å². The zero-order valence-electron chi connectivity index (χ0n) is 12.1. The van der Waals surface area contributed by atoms with Crippen LogP contribution >= 0.6 is 23.4 Å². The Morgan fingerprint density at radius 3 is 2.33 bits per heavy atom. The predicted octanol–water partition coefficient (Wildman–Crippen LogP) is 5.02. The van der Waals surface area contributed by atoms with Crippen LogP contribution in [-0.2, 0) is 11.2 Å². The van der Waals surface area contributed by atoms with Crippen LogP contribution in [-0.4, -0.2) is 11.2 Å². The highest BCUT2D eigenvalue weighted by molar-refractivity contribution is 8.00. The number of nitrogens with one attached hydrogen (secondary N) is 1. The first-order chi connectivity index (χ1) is 10.1. The Morgan fingerprint density at radius 1 is 1.14 bits per heavy atom. The van der Waals surface area contributed by atoms with E-state index in [9.17, 15) is 4.79 Å². The standard InChI is InChI=1S/C17H18ClNOS/c1-3-13-4-8-15(9-5-13)19-17(20)12(2)21-16-10-6-14(18)7-11-16/h4-12H,3H2,1-2H3,(H,19,20)/t12-/m1/s1. The molecule has 110 valence electrons. The van der Waals surface area contributed by atoms with Gasteiger partial charge in [0.15, 0.2) is 0 Å². The summed E-state index contributed by atoms with van der Waals surface area (Å²) >= 11 is 7.37. The van der Waals surface area contributed by atoms with E-state index in [4.69, 9.17) is 11.6 Å². The summed E-state index contributed by atoms with van der Waals surface area (Å²) in [5, 5.41) is 3.47. The lowest BCUT2D eigenvalue weighted by molar-refractivity contribution is -0.115. The van der Waals surface area contributed by atoms with Gasteiger partial charge in [0.2, 0.25) is 5.91 Å². The minimum atomic E-state index is -0.169. The van der Waals surface area contributed by atoms with E-state index in [0.717, 1.165) is 17.0 Å². The van der Waals surface area contributed by atoms with Crippen molar-refractivity contribution in [2.24, 2.45) is 0 Å². The molecule has 0 fully saturated rings. The molecular weight excluding hydrogens is 302 g/mol. The van der Waals surface area contributed by atoms with Gasteiger partial charge in [-0.1, -0.05) is 30.7 Å².